The molecule has 2 aromatic carbocycles. The highest BCUT2D eigenvalue weighted by atomic mass is 32.2. The van der Waals surface area contributed by atoms with Gasteiger partial charge in [0.1, 0.15) is 11.6 Å². The van der Waals surface area contributed by atoms with Gasteiger partial charge in [-0.15, -0.1) is 0 Å². The summed E-state index contributed by atoms with van der Waals surface area (Å²) in [6.07, 6.45) is 3.41. The van der Waals surface area contributed by atoms with Gasteiger partial charge in [-0.3, -0.25) is 0 Å². The van der Waals surface area contributed by atoms with Gasteiger partial charge in [0.25, 0.3) is 0 Å². The zero-order valence-corrected chi connectivity index (χ0v) is 14.6. The minimum atomic E-state index is -0.131. The average Bonchev–Trinajstić information content (AvgIpc) is 2.57. The van der Waals surface area contributed by atoms with Crippen molar-refractivity contribution in [1.29, 1.82) is 0 Å². The first kappa shape index (κ1) is 18.0. The normalized spacial score (nSPS) is 13.7. The molecular weight excluding hydrogens is 310 g/mol. The molecule has 124 valence electrons. The van der Waals surface area contributed by atoms with Gasteiger partial charge in [-0.1, -0.05) is 50.2 Å². The Hall–Kier alpha value is -1.35. The van der Waals surface area contributed by atoms with Crippen LogP contribution in [0.25, 0.3) is 0 Å². The van der Waals surface area contributed by atoms with E-state index in [2.05, 4.69) is 13.8 Å². The monoisotopic (exact) mass is 334 g/mol. The van der Waals surface area contributed by atoms with Gasteiger partial charge in [-0.25, -0.2) is 8.78 Å². The summed E-state index contributed by atoms with van der Waals surface area (Å²) in [5.41, 5.74) is 1.54. The molecule has 0 radical (unpaired) electrons. The summed E-state index contributed by atoms with van der Waals surface area (Å²) in [6.45, 7) is 4.27. The van der Waals surface area contributed by atoms with Crippen LogP contribution in [0, 0.1) is 11.6 Å². The Morgan fingerprint density at radius 3 is 1.48 bits per heavy atom. The van der Waals surface area contributed by atoms with Gasteiger partial charge in [-0.2, -0.15) is 11.8 Å². The molecule has 0 aromatic heterocycles. The number of halogens is 2. The predicted octanol–water partition coefficient (Wildman–Crippen LogP) is 6.04. The molecule has 0 amide bonds. The molecule has 0 aliphatic carbocycles. The van der Waals surface area contributed by atoms with Crippen molar-refractivity contribution in [2.45, 2.75) is 50.0 Å². The second-order valence-electron chi connectivity index (χ2n) is 5.79. The van der Waals surface area contributed by atoms with E-state index in [1.165, 1.54) is 12.1 Å². The van der Waals surface area contributed by atoms with Crippen LogP contribution in [-0.2, 0) is 12.8 Å². The van der Waals surface area contributed by atoms with Crippen LogP contribution in [-0.4, -0.2) is 10.5 Å². The standard InChI is InChI=1S/C20H24F2S/c1-3-17(13-15-9-5-7-11-19(15)21)23-18(4-2)14-16-10-6-8-12-20(16)22/h5-12,17-18H,3-4,13-14H2,1-2H3. The van der Waals surface area contributed by atoms with Gasteiger partial charge in [-0.05, 0) is 48.9 Å². The summed E-state index contributed by atoms with van der Waals surface area (Å²) >= 11 is 1.86. The van der Waals surface area contributed by atoms with Crippen molar-refractivity contribution in [3.63, 3.8) is 0 Å². The SMILES string of the molecule is CCC(Cc1ccccc1F)SC(CC)Cc1ccccc1F. The van der Waals surface area contributed by atoms with Gasteiger partial charge in [0, 0.05) is 10.5 Å². The molecule has 0 nitrogen and oxygen atoms in total. The van der Waals surface area contributed by atoms with E-state index in [9.17, 15) is 8.78 Å². The summed E-state index contributed by atoms with van der Waals surface area (Å²) < 4.78 is 27.7. The number of hydrogen-bond donors (Lipinski definition) is 0. The first-order valence-electron chi connectivity index (χ1n) is 8.26. The van der Waals surface area contributed by atoms with E-state index in [-0.39, 0.29) is 11.6 Å². The smallest absolute Gasteiger partial charge is 0.126 e. The molecule has 2 rings (SSSR count). The lowest BCUT2D eigenvalue weighted by atomic mass is 10.1. The molecule has 2 atom stereocenters. The molecule has 2 unspecified atom stereocenters. The maximum Gasteiger partial charge on any atom is 0.126 e. The minimum absolute atomic E-state index is 0.131. The highest BCUT2D eigenvalue weighted by molar-refractivity contribution is 8.00. The quantitative estimate of drug-likeness (QED) is 0.567. The van der Waals surface area contributed by atoms with Crippen molar-refractivity contribution in [1.82, 2.24) is 0 Å². The van der Waals surface area contributed by atoms with Crippen molar-refractivity contribution in [2.75, 3.05) is 0 Å². The van der Waals surface area contributed by atoms with Crippen molar-refractivity contribution in [2.24, 2.45) is 0 Å². The Kier molecular flexibility index (Phi) is 7.10. The van der Waals surface area contributed by atoms with Crippen LogP contribution in [0.2, 0.25) is 0 Å². The molecule has 23 heavy (non-hydrogen) atoms. The predicted molar refractivity (Wildman–Crippen MR) is 96.0 cm³/mol. The summed E-state index contributed by atoms with van der Waals surface area (Å²) in [5.74, 6) is -0.262. The fourth-order valence-electron chi connectivity index (χ4n) is 2.67. The maximum absolute atomic E-state index is 13.8. The molecule has 2 aromatic rings. The van der Waals surface area contributed by atoms with E-state index < -0.39 is 0 Å². The Morgan fingerprint density at radius 1 is 0.739 bits per heavy atom. The third-order valence-electron chi connectivity index (χ3n) is 4.11. The molecule has 3 heteroatoms. The van der Waals surface area contributed by atoms with E-state index in [0.29, 0.717) is 10.5 Å². The third-order valence-corrected chi connectivity index (χ3v) is 5.88. The van der Waals surface area contributed by atoms with Gasteiger partial charge >= 0.3 is 0 Å². The third kappa shape index (κ3) is 5.35. The zero-order chi connectivity index (χ0) is 16.7. The molecule has 0 heterocycles. The van der Waals surface area contributed by atoms with Gasteiger partial charge in [0.05, 0.1) is 0 Å². The Labute approximate surface area is 142 Å². The molecule has 0 saturated carbocycles. The fraction of sp³-hybridized carbons (Fsp3) is 0.400. The first-order valence-corrected chi connectivity index (χ1v) is 9.20. The van der Waals surface area contributed by atoms with Gasteiger partial charge in [0.2, 0.25) is 0 Å². The lowest BCUT2D eigenvalue weighted by Crippen LogP contribution is -2.16. The van der Waals surface area contributed by atoms with Crippen LogP contribution in [0.15, 0.2) is 48.5 Å². The largest absolute Gasteiger partial charge is 0.207 e. The Balaban J connectivity index is 2.01. The average molecular weight is 334 g/mol. The van der Waals surface area contributed by atoms with Crippen LogP contribution in [0.5, 0.6) is 0 Å². The summed E-state index contributed by atoms with van der Waals surface area (Å²) in [4.78, 5) is 0. The molecule has 0 saturated heterocycles. The topological polar surface area (TPSA) is 0 Å². The molecular formula is C20H24F2S. The lowest BCUT2D eigenvalue weighted by Gasteiger charge is -2.22. The maximum atomic E-state index is 13.8. The van der Waals surface area contributed by atoms with Crippen molar-refractivity contribution < 1.29 is 8.78 Å². The van der Waals surface area contributed by atoms with E-state index in [1.807, 2.05) is 36.0 Å². The lowest BCUT2D eigenvalue weighted by molar-refractivity contribution is 0.601. The molecule has 0 N–H and O–H groups in total. The van der Waals surface area contributed by atoms with Crippen molar-refractivity contribution >= 4 is 11.8 Å². The summed E-state index contributed by atoms with van der Waals surface area (Å²) in [6, 6.07) is 14.0. The van der Waals surface area contributed by atoms with E-state index >= 15 is 0 Å². The molecule has 0 aliphatic heterocycles. The number of benzene rings is 2. The zero-order valence-electron chi connectivity index (χ0n) is 13.8. The highest BCUT2D eigenvalue weighted by Gasteiger charge is 2.18. The van der Waals surface area contributed by atoms with E-state index in [4.69, 9.17) is 0 Å². The van der Waals surface area contributed by atoms with Crippen LogP contribution >= 0.6 is 11.8 Å². The van der Waals surface area contributed by atoms with Crippen LogP contribution in [0.4, 0.5) is 8.78 Å². The highest BCUT2D eigenvalue weighted by Crippen LogP contribution is 2.29. The van der Waals surface area contributed by atoms with Crippen LogP contribution < -0.4 is 0 Å². The van der Waals surface area contributed by atoms with Crippen LogP contribution in [0.1, 0.15) is 37.8 Å². The summed E-state index contributed by atoms with van der Waals surface area (Å²) in [7, 11) is 0. The van der Waals surface area contributed by atoms with E-state index in [1.54, 1.807) is 12.1 Å². The second kappa shape index (κ2) is 9.07. The molecule has 0 fully saturated rings. The van der Waals surface area contributed by atoms with Gasteiger partial charge < -0.3 is 0 Å². The number of hydrogen-bond acceptors (Lipinski definition) is 1. The van der Waals surface area contributed by atoms with Crippen molar-refractivity contribution in [3.8, 4) is 0 Å². The summed E-state index contributed by atoms with van der Waals surface area (Å²) in [5, 5.41) is 0.701. The number of rotatable bonds is 8. The Bertz CT molecular complexity index is 559. The van der Waals surface area contributed by atoms with Gasteiger partial charge in [0.15, 0.2) is 0 Å². The van der Waals surface area contributed by atoms with Crippen molar-refractivity contribution in [3.05, 3.63) is 71.3 Å². The molecule has 0 aliphatic rings. The molecule has 0 bridgehead atoms. The van der Waals surface area contributed by atoms with E-state index in [0.717, 1.165) is 36.8 Å². The van der Waals surface area contributed by atoms with Crippen LogP contribution in [0.3, 0.4) is 0 Å². The second-order valence-corrected chi connectivity index (χ2v) is 7.39. The first-order chi connectivity index (χ1) is 11.1. The minimum Gasteiger partial charge on any atom is -0.207 e. The molecule has 0 spiro atoms. The Morgan fingerprint density at radius 2 is 1.13 bits per heavy atom. The fourth-order valence-corrected chi connectivity index (χ4v) is 4.15. The number of thioether (sulfide) groups is 1.